The third-order valence-electron chi connectivity index (χ3n) is 4.68. The van der Waals surface area contributed by atoms with Crippen LogP contribution in [0.5, 0.6) is 0 Å². The van der Waals surface area contributed by atoms with Gasteiger partial charge in [-0.15, -0.1) is 0 Å². The van der Waals surface area contributed by atoms with Gasteiger partial charge < -0.3 is 9.73 Å². The number of carbonyl (C=O) groups is 1. The number of thioether (sulfide) groups is 1. The molecular weight excluding hydrogens is 421 g/mol. The van der Waals surface area contributed by atoms with Gasteiger partial charge in [0.25, 0.3) is 11.6 Å². The van der Waals surface area contributed by atoms with Crippen molar-refractivity contribution < 1.29 is 18.5 Å². The summed E-state index contributed by atoms with van der Waals surface area (Å²) in [6.45, 7) is 3.68. The van der Waals surface area contributed by atoms with Crippen molar-refractivity contribution in [3.8, 4) is 11.3 Å². The van der Waals surface area contributed by atoms with E-state index in [-0.39, 0.29) is 17.4 Å². The summed E-state index contributed by atoms with van der Waals surface area (Å²) >= 11 is 1.12. The number of hydrogen-bond donors (Lipinski definition) is 1. The number of nitro groups is 1. The molecule has 4 rings (SSSR count). The fourth-order valence-electron chi connectivity index (χ4n) is 2.97. The number of nitrogens with one attached hydrogen (secondary N) is 1. The predicted molar refractivity (Wildman–Crippen MR) is 117 cm³/mol. The maximum Gasteiger partial charge on any atom is 0.280 e. The molecule has 2 aromatic carbocycles. The zero-order valence-electron chi connectivity index (χ0n) is 16.5. The van der Waals surface area contributed by atoms with E-state index in [0.29, 0.717) is 32.8 Å². The molecule has 7 nitrogen and oxygen atoms in total. The summed E-state index contributed by atoms with van der Waals surface area (Å²) in [5.74, 6) is -0.000264. The summed E-state index contributed by atoms with van der Waals surface area (Å²) in [5.41, 5.74) is 2.56. The van der Waals surface area contributed by atoms with Crippen molar-refractivity contribution in [2.24, 2.45) is 4.99 Å². The summed E-state index contributed by atoms with van der Waals surface area (Å²) in [6, 6.07) is 12.1. The van der Waals surface area contributed by atoms with Crippen molar-refractivity contribution in [3.05, 3.63) is 86.3 Å². The number of aryl methyl sites for hydroxylation is 2. The van der Waals surface area contributed by atoms with E-state index in [0.717, 1.165) is 22.9 Å². The molecule has 0 bridgehead atoms. The molecule has 0 aliphatic carbocycles. The lowest BCUT2D eigenvalue weighted by Crippen LogP contribution is -2.19. The summed E-state index contributed by atoms with van der Waals surface area (Å²) in [5, 5.41) is 14.5. The largest absolute Gasteiger partial charge is 0.456 e. The van der Waals surface area contributed by atoms with Crippen LogP contribution in [0.2, 0.25) is 0 Å². The second kappa shape index (κ2) is 8.19. The van der Waals surface area contributed by atoms with E-state index in [4.69, 9.17) is 4.42 Å². The quantitative estimate of drug-likeness (QED) is 0.330. The predicted octanol–water partition coefficient (Wildman–Crippen LogP) is 5.50. The van der Waals surface area contributed by atoms with Crippen molar-refractivity contribution in [3.63, 3.8) is 0 Å². The number of benzene rings is 2. The van der Waals surface area contributed by atoms with Crippen LogP contribution in [0.15, 0.2) is 62.8 Å². The molecule has 1 aliphatic rings. The van der Waals surface area contributed by atoms with Gasteiger partial charge in [0.15, 0.2) is 5.17 Å². The van der Waals surface area contributed by atoms with Crippen LogP contribution in [0, 0.1) is 29.8 Å². The van der Waals surface area contributed by atoms with Crippen molar-refractivity contribution in [1.29, 1.82) is 0 Å². The maximum atomic E-state index is 13.0. The van der Waals surface area contributed by atoms with E-state index in [2.05, 4.69) is 10.3 Å². The molecule has 0 atom stereocenters. The van der Waals surface area contributed by atoms with E-state index < -0.39 is 4.92 Å². The first-order valence-electron chi connectivity index (χ1n) is 9.21. The number of nitrogens with zero attached hydrogens (tertiary/aromatic N) is 2. The van der Waals surface area contributed by atoms with E-state index in [1.165, 1.54) is 30.3 Å². The third kappa shape index (κ3) is 4.41. The van der Waals surface area contributed by atoms with Gasteiger partial charge in [0.1, 0.15) is 17.3 Å². The zero-order valence-corrected chi connectivity index (χ0v) is 17.3. The molecule has 0 spiro atoms. The van der Waals surface area contributed by atoms with Gasteiger partial charge in [-0.2, -0.15) is 0 Å². The van der Waals surface area contributed by atoms with Gasteiger partial charge in [0.2, 0.25) is 0 Å². The number of rotatable bonds is 4. The number of halogens is 1. The molecule has 1 saturated heterocycles. The number of aliphatic imine (C=N–C) groups is 1. The van der Waals surface area contributed by atoms with Crippen LogP contribution < -0.4 is 5.32 Å². The van der Waals surface area contributed by atoms with Crippen molar-refractivity contribution >= 4 is 40.3 Å². The number of hydrogen-bond acceptors (Lipinski definition) is 6. The van der Waals surface area contributed by atoms with Crippen LogP contribution in [0.3, 0.4) is 0 Å². The minimum absolute atomic E-state index is 0.0432. The lowest BCUT2D eigenvalue weighted by molar-refractivity contribution is -0.384. The number of amidine groups is 1. The molecule has 2 heterocycles. The van der Waals surface area contributed by atoms with Crippen LogP contribution in [0.25, 0.3) is 17.4 Å². The van der Waals surface area contributed by atoms with Gasteiger partial charge in [-0.05, 0) is 79.2 Å². The monoisotopic (exact) mass is 437 g/mol. The van der Waals surface area contributed by atoms with Crippen molar-refractivity contribution in [2.45, 2.75) is 13.8 Å². The second-order valence-corrected chi connectivity index (χ2v) is 7.90. The molecule has 1 amide bonds. The van der Waals surface area contributed by atoms with Crippen molar-refractivity contribution in [2.75, 3.05) is 0 Å². The topological polar surface area (TPSA) is 97.7 Å². The molecule has 0 saturated carbocycles. The Hall–Kier alpha value is -3.72. The Labute approximate surface area is 180 Å². The Balaban J connectivity index is 1.60. The summed E-state index contributed by atoms with van der Waals surface area (Å²) in [6.07, 6.45) is 1.55. The van der Waals surface area contributed by atoms with Crippen LogP contribution >= 0.6 is 11.8 Å². The maximum absolute atomic E-state index is 13.0. The van der Waals surface area contributed by atoms with Crippen LogP contribution in [0.4, 0.5) is 15.8 Å². The van der Waals surface area contributed by atoms with Gasteiger partial charge in [0, 0.05) is 12.1 Å². The molecule has 0 radical (unpaired) electrons. The standard InChI is InChI=1S/C22H16FN3O4S/c1-12-9-17(18(26(28)29)10-13(12)2)19-8-7-16(30-19)11-20-21(27)25-22(31-20)24-15-5-3-14(23)4-6-15/h3-11H,1-2H3,(H,24,25,27)/b20-11-. The Morgan fingerprint density at radius 1 is 1.13 bits per heavy atom. The van der Waals surface area contributed by atoms with Crippen LogP contribution in [0.1, 0.15) is 16.9 Å². The molecule has 0 unspecified atom stereocenters. The summed E-state index contributed by atoms with van der Waals surface area (Å²) < 4.78 is 18.8. The van der Waals surface area contributed by atoms with Crippen LogP contribution in [-0.2, 0) is 4.79 Å². The Morgan fingerprint density at radius 3 is 2.55 bits per heavy atom. The van der Waals surface area contributed by atoms with Gasteiger partial charge in [-0.1, -0.05) is 0 Å². The SMILES string of the molecule is Cc1cc(-c2ccc(/C=C3\SC(=Nc4ccc(F)cc4)NC3=O)o2)c([N+](=O)[O-])cc1C. The van der Waals surface area contributed by atoms with E-state index in [1.54, 1.807) is 24.3 Å². The van der Waals surface area contributed by atoms with E-state index in [1.807, 2.05) is 13.8 Å². The first-order chi connectivity index (χ1) is 14.8. The molecule has 9 heteroatoms. The number of furan rings is 1. The van der Waals surface area contributed by atoms with Crippen LogP contribution in [-0.4, -0.2) is 16.0 Å². The van der Waals surface area contributed by atoms with Gasteiger partial charge in [0.05, 0.1) is 21.1 Å². The molecule has 1 aromatic heterocycles. The third-order valence-corrected chi connectivity index (χ3v) is 5.59. The van der Waals surface area contributed by atoms with Gasteiger partial charge in [-0.3, -0.25) is 14.9 Å². The number of carbonyl (C=O) groups excluding carboxylic acids is 1. The first kappa shape index (κ1) is 20.5. The lowest BCUT2D eigenvalue weighted by Gasteiger charge is -2.04. The first-order valence-corrected chi connectivity index (χ1v) is 10.0. The summed E-state index contributed by atoms with van der Waals surface area (Å²) in [4.78, 5) is 27.9. The van der Waals surface area contributed by atoms with Gasteiger partial charge >= 0.3 is 0 Å². The molecule has 1 N–H and O–H groups in total. The number of amides is 1. The zero-order chi connectivity index (χ0) is 22.1. The molecular formula is C22H16FN3O4S. The molecule has 1 fully saturated rings. The highest BCUT2D eigenvalue weighted by molar-refractivity contribution is 8.18. The average Bonchev–Trinajstić information content (AvgIpc) is 3.32. The fraction of sp³-hybridized carbons (Fsp3) is 0.0909. The lowest BCUT2D eigenvalue weighted by atomic mass is 10.0. The minimum Gasteiger partial charge on any atom is -0.456 e. The minimum atomic E-state index is -0.444. The molecule has 156 valence electrons. The normalized spacial score (nSPS) is 16.2. The molecule has 31 heavy (non-hydrogen) atoms. The smallest absolute Gasteiger partial charge is 0.280 e. The Bertz CT molecular complexity index is 1260. The molecule has 3 aromatic rings. The van der Waals surface area contributed by atoms with Crippen molar-refractivity contribution in [1.82, 2.24) is 5.32 Å². The van der Waals surface area contributed by atoms with Gasteiger partial charge in [-0.25, -0.2) is 9.38 Å². The Kier molecular flexibility index (Phi) is 5.43. The highest BCUT2D eigenvalue weighted by Crippen LogP contribution is 2.35. The fourth-order valence-corrected chi connectivity index (χ4v) is 3.79. The summed E-state index contributed by atoms with van der Waals surface area (Å²) in [7, 11) is 0. The van der Waals surface area contributed by atoms with E-state index >= 15 is 0 Å². The molecule has 1 aliphatic heterocycles. The highest BCUT2D eigenvalue weighted by Gasteiger charge is 2.25. The number of nitro benzene ring substituents is 1. The highest BCUT2D eigenvalue weighted by atomic mass is 32.2. The van der Waals surface area contributed by atoms with E-state index in [9.17, 15) is 19.3 Å². The second-order valence-electron chi connectivity index (χ2n) is 6.87. The Morgan fingerprint density at radius 2 is 1.84 bits per heavy atom. The average molecular weight is 437 g/mol.